The fraction of sp³-hybridized carbons (Fsp3) is 0.900. The molecule has 0 aliphatic carbocycles. The second-order valence-corrected chi connectivity index (χ2v) is 3.82. The van der Waals surface area contributed by atoms with Crippen molar-refractivity contribution in [3.05, 3.63) is 0 Å². The molecule has 14 heavy (non-hydrogen) atoms. The number of methoxy groups -OCH3 is 1. The quantitative estimate of drug-likeness (QED) is 0.660. The molecule has 1 fully saturated rings. The molecule has 1 aliphatic rings. The maximum atomic E-state index is 11.4. The van der Waals surface area contributed by atoms with Gasteiger partial charge in [0.1, 0.15) is 6.10 Å². The minimum absolute atomic E-state index is 0.108. The van der Waals surface area contributed by atoms with Crippen molar-refractivity contribution >= 4 is 5.97 Å². The Bertz CT molecular complexity index is 178. The van der Waals surface area contributed by atoms with Crippen LogP contribution in [0.25, 0.3) is 0 Å². The van der Waals surface area contributed by atoms with Crippen LogP contribution < -0.4 is 5.32 Å². The zero-order valence-corrected chi connectivity index (χ0v) is 8.91. The summed E-state index contributed by atoms with van der Waals surface area (Å²) in [6.07, 6.45) is 1.47. The maximum Gasteiger partial charge on any atom is 0.306 e. The predicted octanol–water partition coefficient (Wildman–Crippen LogP) is 0.564. The molecule has 0 bridgehead atoms. The molecule has 4 heteroatoms. The molecule has 0 aromatic rings. The van der Waals surface area contributed by atoms with Crippen molar-refractivity contribution in [3.8, 4) is 0 Å². The summed E-state index contributed by atoms with van der Waals surface area (Å²) < 4.78 is 10.0. The summed E-state index contributed by atoms with van der Waals surface area (Å²) in [5.41, 5.74) is 0. The maximum absolute atomic E-state index is 11.4. The van der Waals surface area contributed by atoms with E-state index in [2.05, 4.69) is 5.32 Å². The van der Waals surface area contributed by atoms with E-state index in [-0.39, 0.29) is 12.1 Å². The molecule has 0 aromatic heterocycles. The highest BCUT2D eigenvalue weighted by atomic mass is 16.6. The fourth-order valence-corrected chi connectivity index (χ4v) is 1.67. The van der Waals surface area contributed by atoms with Gasteiger partial charge in [-0.05, 0) is 32.4 Å². The molecule has 0 radical (unpaired) electrons. The van der Waals surface area contributed by atoms with E-state index in [1.807, 2.05) is 6.92 Å². The van der Waals surface area contributed by atoms with Gasteiger partial charge in [-0.1, -0.05) is 0 Å². The van der Waals surface area contributed by atoms with E-state index in [1.165, 1.54) is 0 Å². The van der Waals surface area contributed by atoms with Crippen molar-refractivity contribution in [2.24, 2.45) is 5.92 Å². The molecule has 1 N–H and O–H groups in total. The van der Waals surface area contributed by atoms with E-state index in [4.69, 9.17) is 9.47 Å². The molecular weight excluding hydrogens is 182 g/mol. The molecular formula is C10H19NO3. The van der Waals surface area contributed by atoms with E-state index in [0.29, 0.717) is 18.9 Å². The number of nitrogens with one attached hydrogen (secondary N) is 1. The lowest BCUT2D eigenvalue weighted by molar-refractivity contribution is -0.151. The summed E-state index contributed by atoms with van der Waals surface area (Å²) in [5, 5.41) is 3.22. The van der Waals surface area contributed by atoms with E-state index in [9.17, 15) is 4.79 Å². The van der Waals surface area contributed by atoms with Crippen LogP contribution in [0.15, 0.2) is 0 Å². The number of carbonyl (C=O) groups excluding carboxylic acids is 1. The largest absolute Gasteiger partial charge is 0.460 e. The number of rotatable bonds is 5. The Morgan fingerprint density at radius 1 is 1.64 bits per heavy atom. The molecule has 0 saturated carbocycles. The van der Waals surface area contributed by atoms with Gasteiger partial charge in [-0.2, -0.15) is 0 Å². The van der Waals surface area contributed by atoms with Crippen molar-refractivity contribution in [1.82, 2.24) is 5.32 Å². The van der Waals surface area contributed by atoms with Crippen molar-refractivity contribution in [2.45, 2.75) is 25.9 Å². The van der Waals surface area contributed by atoms with Gasteiger partial charge in [0.25, 0.3) is 0 Å². The van der Waals surface area contributed by atoms with Crippen molar-refractivity contribution in [1.29, 1.82) is 0 Å². The highest BCUT2D eigenvalue weighted by Gasteiger charge is 2.19. The summed E-state index contributed by atoms with van der Waals surface area (Å²) in [6, 6.07) is 0. The standard InChI is InChI=1S/C10H19NO3/c1-8(7-13-2)14-10(12)5-9-3-4-11-6-9/h8-9,11H,3-7H2,1-2H3. The second kappa shape index (κ2) is 5.98. The second-order valence-electron chi connectivity index (χ2n) is 3.82. The van der Waals surface area contributed by atoms with Crippen LogP contribution in [0.3, 0.4) is 0 Å². The Balaban J connectivity index is 2.14. The third-order valence-corrected chi connectivity index (χ3v) is 2.35. The summed E-state index contributed by atoms with van der Waals surface area (Å²) in [5.74, 6) is 0.348. The first kappa shape index (κ1) is 11.5. The minimum atomic E-state index is -0.137. The van der Waals surface area contributed by atoms with Crippen LogP contribution in [0.4, 0.5) is 0 Å². The summed E-state index contributed by atoms with van der Waals surface area (Å²) >= 11 is 0. The lowest BCUT2D eigenvalue weighted by Gasteiger charge is -2.13. The fourth-order valence-electron chi connectivity index (χ4n) is 1.67. The molecule has 4 nitrogen and oxygen atoms in total. The van der Waals surface area contributed by atoms with Gasteiger partial charge in [0.2, 0.25) is 0 Å². The lowest BCUT2D eigenvalue weighted by Crippen LogP contribution is -2.22. The molecule has 0 spiro atoms. The third kappa shape index (κ3) is 4.07. The average molecular weight is 201 g/mol. The predicted molar refractivity (Wildman–Crippen MR) is 53.0 cm³/mol. The summed E-state index contributed by atoms with van der Waals surface area (Å²) in [6.45, 7) is 4.27. The van der Waals surface area contributed by atoms with E-state index in [0.717, 1.165) is 19.5 Å². The molecule has 1 aliphatic heterocycles. The third-order valence-electron chi connectivity index (χ3n) is 2.35. The van der Waals surface area contributed by atoms with Crippen LogP contribution >= 0.6 is 0 Å². The first-order chi connectivity index (χ1) is 6.72. The Kier molecular flexibility index (Phi) is 4.90. The Morgan fingerprint density at radius 2 is 2.43 bits per heavy atom. The van der Waals surface area contributed by atoms with E-state index < -0.39 is 0 Å². The van der Waals surface area contributed by atoms with Crippen LogP contribution in [-0.2, 0) is 14.3 Å². The number of ether oxygens (including phenoxy) is 2. The SMILES string of the molecule is COCC(C)OC(=O)CC1CCNC1. The molecule has 82 valence electrons. The van der Waals surface area contributed by atoms with Crippen molar-refractivity contribution in [3.63, 3.8) is 0 Å². The van der Waals surface area contributed by atoms with Gasteiger partial charge < -0.3 is 14.8 Å². The number of esters is 1. The van der Waals surface area contributed by atoms with Crippen LogP contribution in [0.1, 0.15) is 19.8 Å². The number of hydrogen-bond acceptors (Lipinski definition) is 4. The van der Waals surface area contributed by atoms with Crippen LogP contribution in [-0.4, -0.2) is 38.9 Å². The van der Waals surface area contributed by atoms with Crippen LogP contribution in [0.2, 0.25) is 0 Å². The Labute approximate surface area is 85.0 Å². The van der Waals surface area contributed by atoms with Gasteiger partial charge in [-0.3, -0.25) is 4.79 Å². The van der Waals surface area contributed by atoms with Crippen molar-refractivity contribution in [2.75, 3.05) is 26.8 Å². The van der Waals surface area contributed by atoms with E-state index in [1.54, 1.807) is 7.11 Å². The summed E-state index contributed by atoms with van der Waals surface area (Å²) in [7, 11) is 1.60. The highest BCUT2D eigenvalue weighted by Crippen LogP contribution is 2.13. The Morgan fingerprint density at radius 3 is 3.00 bits per heavy atom. The Hall–Kier alpha value is -0.610. The van der Waals surface area contributed by atoms with Gasteiger partial charge in [0, 0.05) is 13.5 Å². The average Bonchev–Trinajstić information content (AvgIpc) is 2.56. The normalized spacial score (nSPS) is 23.4. The number of hydrogen-bond donors (Lipinski definition) is 1. The molecule has 0 amide bonds. The van der Waals surface area contributed by atoms with Gasteiger partial charge in [0.15, 0.2) is 0 Å². The lowest BCUT2D eigenvalue weighted by atomic mass is 10.1. The molecule has 1 rings (SSSR count). The smallest absolute Gasteiger partial charge is 0.306 e. The molecule has 2 unspecified atom stereocenters. The molecule has 1 saturated heterocycles. The number of carbonyl (C=O) groups is 1. The van der Waals surface area contributed by atoms with Gasteiger partial charge >= 0.3 is 5.97 Å². The zero-order chi connectivity index (χ0) is 10.4. The zero-order valence-electron chi connectivity index (χ0n) is 8.91. The topological polar surface area (TPSA) is 47.6 Å². The highest BCUT2D eigenvalue weighted by molar-refractivity contribution is 5.69. The minimum Gasteiger partial charge on any atom is -0.460 e. The molecule has 0 aromatic carbocycles. The first-order valence-electron chi connectivity index (χ1n) is 5.11. The van der Waals surface area contributed by atoms with Gasteiger partial charge in [-0.15, -0.1) is 0 Å². The summed E-state index contributed by atoms with van der Waals surface area (Å²) in [4.78, 5) is 11.4. The van der Waals surface area contributed by atoms with Crippen LogP contribution in [0, 0.1) is 5.92 Å². The molecule has 2 atom stereocenters. The van der Waals surface area contributed by atoms with Crippen molar-refractivity contribution < 1.29 is 14.3 Å². The van der Waals surface area contributed by atoms with E-state index >= 15 is 0 Å². The molecule has 1 heterocycles. The van der Waals surface area contributed by atoms with Crippen LogP contribution in [0.5, 0.6) is 0 Å². The van der Waals surface area contributed by atoms with Gasteiger partial charge in [-0.25, -0.2) is 0 Å². The first-order valence-corrected chi connectivity index (χ1v) is 5.11. The van der Waals surface area contributed by atoms with Gasteiger partial charge in [0.05, 0.1) is 6.61 Å². The monoisotopic (exact) mass is 201 g/mol.